The van der Waals surface area contributed by atoms with E-state index in [1.54, 1.807) is 18.2 Å². The normalized spacial score (nSPS) is 18.2. The Kier molecular flexibility index (Phi) is 5.92. The summed E-state index contributed by atoms with van der Waals surface area (Å²) < 4.78 is 46.4. The van der Waals surface area contributed by atoms with Crippen molar-refractivity contribution < 1.29 is 22.3 Å². The molecule has 1 saturated heterocycles. The minimum Gasteiger partial charge on any atom is -0.490 e. The summed E-state index contributed by atoms with van der Waals surface area (Å²) >= 11 is 0. The third kappa shape index (κ3) is 4.54. The number of carbonyl (C=O) groups excluding carboxylic acids is 1. The highest BCUT2D eigenvalue weighted by Crippen LogP contribution is 2.25. The molecule has 0 spiro atoms. The summed E-state index contributed by atoms with van der Waals surface area (Å²) in [7, 11) is -3.64. The second-order valence-electron chi connectivity index (χ2n) is 6.69. The van der Waals surface area contributed by atoms with Crippen LogP contribution < -0.4 is 4.74 Å². The number of nitrogens with zero attached hydrogens (tertiary/aromatic N) is 1. The maximum Gasteiger partial charge on any atom is 0.243 e. The third-order valence-corrected chi connectivity index (χ3v) is 6.57. The summed E-state index contributed by atoms with van der Waals surface area (Å²) in [5.74, 6) is -0.368. The first kappa shape index (κ1) is 19.5. The Hall–Kier alpha value is -2.25. The molecule has 3 rings (SSSR count). The number of piperidine rings is 1. The molecule has 27 heavy (non-hydrogen) atoms. The van der Waals surface area contributed by atoms with Crippen molar-refractivity contribution in [1.29, 1.82) is 0 Å². The van der Waals surface area contributed by atoms with Crippen LogP contribution in [0.15, 0.2) is 53.4 Å². The fourth-order valence-corrected chi connectivity index (χ4v) is 4.72. The lowest BCUT2D eigenvalue weighted by Crippen LogP contribution is -2.41. The monoisotopic (exact) mass is 391 g/mol. The number of carbonyl (C=O) groups is 1. The number of hydrogen-bond acceptors (Lipinski definition) is 4. The lowest BCUT2D eigenvalue weighted by molar-refractivity contribution is 0.101. The second-order valence-corrected chi connectivity index (χ2v) is 8.63. The molecule has 144 valence electrons. The van der Waals surface area contributed by atoms with E-state index in [0.717, 1.165) is 12.8 Å². The molecule has 0 aliphatic carbocycles. The summed E-state index contributed by atoms with van der Waals surface area (Å²) in [5.41, 5.74) is 0.476. The molecule has 0 aromatic heterocycles. The lowest BCUT2D eigenvalue weighted by Gasteiger charge is -2.31. The first-order chi connectivity index (χ1) is 12.9. The van der Waals surface area contributed by atoms with Gasteiger partial charge in [-0.15, -0.1) is 0 Å². The van der Waals surface area contributed by atoms with Crippen molar-refractivity contribution in [2.45, 2.75) is 24.7 Å². The predicted octanol–water partition coefficient (Wildman–Crippen LogP) is 3.51. The van der Waals surface area contributed by atoms with Gasteiger partial charge in [-0.2, -0.15) is 4.31 Å². The quantitative estimate of drug-likeness (QED) is 0.707. The Morgan fingerprint density at radius 3 is 2.56 bits per heavy atom. The lowest BCUT2D eigenvalue weighted by atomic mass is 10.0. The largest absolute Gasteiger partial charge is 0.490 e. The van der Waals surface area contributed by atoms with Gasteiger partial charge >= 0.3 is 0 Å². The Morgan fingerprint density at radius 2 is 1.89 bits per heavy atom. The van der Waals surface area contributed by atoms with Crippen molar-refractivity contribution in [3.63, 3.8) is 0 Å². The van der Waals surface area contributed by atoms with Gasteiger partial charge in [0.15, 0.2) is 17.3 Å². The number of sulfonamides is 1. The topological polar surface area (TPSA) is 63.7 Å². The first-order valence-electron chi connectivity index (χ1n) is 8.86. The zero-order chi connectivity index (χ0) is 19.4. The molecule has 1 atom stereocenters. The number of ether oxygens (including phenoxy) is 1. The van der Waals surface area contributed by atoms with Gasteiger partial charge in [0, 0.05) is 24.6 Å². The number of hydrogen-bond donors (Lipinski definition) is 0. The molecule has 1 heterocycles. The average Bonchev–Trinajstić information content (AvgIpc) is 2.67. The molecule has 2 aromatic carbocycles. The van der Waals surface area contributed by atoms with E-state index >= 15 is 0 Å². The van der Waals surface area contributed by atoms with Crippen LogP contribution in [0.5, 0.6) is 5.75 Å². The molecule has 1 aliphatic heterocycles. The summed E-state index contributed by atoms with van der Waals surface area (Å²) in [6.07, 6.45) is 1.54. The van der Waals surface area contributed by atoms with E-state index in [1.165, 1.54) is 41.6 Å². The molecule has 5 nitrogen and oxygen atoms in total. The van der Waals surface area contributed by atoms with Crippen LogP contribution >= 0.6 is 0 Å². The maximum absolute atomic E-state index is 13.7. The number of rotatable bonds is 6. The first-order valence-corrected chi connectivity index (χ1v) is 10.3. The van der Waals surface area contributed by atoms with E-state index in [1.807, 2.05) is 0 Å². The Morgan fingerprint density at radius 1 is 1.19 bits per heavy atom. The zero-order valence-electron chi connectivity index (χ0n) is 15.1. The maximum atomic E-state index is 13.7. The van der Waals surface area contributed by atoms with Gasteiger partial charge in [0.2, 0.25) is 10.0 Å². The van der Waals surface area contributed by atoms with E-state index in [9.17, 15) is 17.6 Å². The molecule has 0 bridgehead atoms. The van der Waals surface area contributed by atoms with Gasteiger partial charge in [0.25, 0.3) is 0 Å². The highest BCUT2D eigenvalue weighted by molar-refractivity contribution is 7.89. The van der Waals surface area contributed by atoms with Gasteiger partial charge in [-0.05, 0) is 44.0 Å². The van der Waals surface area contributed by atoms with Crippen molar-refractivity contribution in [3.05, 3.63) is 59.9 Å². The molecule has 0 saturated carbocycles. The predicted molar refractivity (Wildman–Crippen MR) is 99.8 cm³/mol. The minimum absolute atomic E-state index is 0.00961. The Bertz CT molecular complexity index is 912. The van der Waals surface area contributed by atoms with Gasteiger partial charge in [-0.1, -0.05) is 24.3 Å². The molecule has 0 amide bonds. The number of ketones is 1. The van der Waals surface area contributed by atoms with E-state index in [-0.39, 0.29) is 29.0 Å². The molecule has 0 radical (unpaired) electrons. The van der Waals surface area contributed by atoms with Gasteiger partial charge in [-0.3, -0.25) is 4.79 Å². The van der Waals surface area contributed by atoms with Crippen LogP contribution in [0.3, 0.4) is 0 Å². The average molecular weight is 391 g/mol. The number of Topliss-reactive ketones (excluding diaryl/α,β-unsaturated/α-hetero) is 1. The number of para-hydroxylation sites is 1. The van der Waals surface area contributed by atoms with E-state index in [4.69, 9.17) is 4.74 Å². The molecule has 2 aromatic rings. The summed E-state index contributed by atoms with van der Waals surface area (Å²) in [6.45, 7) is 2.46. The van der Waals surface area contributed by atoms with E-state index < -0.39 is 15.8 Å². The summed E-state index contributed by atoms with van der Waals surface area (Å²) in [5, 5.41) is 0. The smallest absolute Gasteiger partial charge is 0.243 e. The van der Waals surface area contributed by atoms with Crippen LogP contribution in [0.1, 0.15) is 30.1 Å². The van der Waals surface area contributed by atoms with Gasteiger partial charge < -0.3 is 4.74 Å². The third-order valence-electron chi connectivity index (χ3n) is 4.69. The van der Waals surface area contributed by atoms with Gasteiger partial charge in [0.05, 0.1) is 11.5 Å². The molecule has 1 unspecified atom stereocenters. The molecule has 7 heteroatoms. The molecular weight excluding hydrogens is 369 g/mol. The number of benzene rings is 2. The van der Waals surface area contributed by atoms with Crippen LogP contribution in [-0.2, 0) is 10.0 Å². The summed E-state index contributed by atoms with van der Waals surface area (Å²) in [6, 6.07) is 12.2. The summed E-state index contributed by atoms with van der Waals surface area (Å²) in [4.78, 5) is 11.5. The van der Waals surface area contributed by atoms with Crippen LogP contribution in [0, 0.1) is 11.7 Å². The molecule has 0 N–H and O–H groups in total. The zero-order valence-corrected chi connectivity index (χ0v) is 15.9. The van der Waals surface area contributed by atoms with Gasteiger partial charge in [0.1, 0.15) is 0 Å². The highest BCUT2D eigenvalue weighted by Gasteiger charge is 2.30. The number of halogens is 1. The molecular formula is C20H22FNO4S. The molecule has 1 aliphatic rings. The molecule has 1 fully saturated rings. The van der Waals surface area contributed by atoms with Crippen LogP contribution in [0.2, 0.25) is 0 Å². The van der Waals surface area contributed by atoms with E-state index in [2.05, 4.69) is 0 Å². The van der Waals surface area contributed by atoms with Crippen molar-refractivity contribution in [2.75, 3.05) is 19.7 Å². The van der Waals surface area contributed by atoms with Crippen molar-refractivity contribution in [3.8, 4) is 5.75 Å². The minimum atomic E-state index is -3.64. The standard InChI is InChI=1S/C20H22FNO4S/c1-15(23)17-8-10-18(11-9-17)27(24,25)22-12-4-5-16(13-22)14-26-20-7-3-2-6-19(20)21/h2-3,6-11,16H,4-5,12-14H2,1H3. The Labute approximate surface area is 158 Å². The van der Waals surface area contributed by atoms with Crippen LogP contribution in [-0.4, -0.2) is 38.2 Å². The Balaban J connectivity index is 1.67. The van der Waals surface area contributed by atoms with Gasteiger partial charge in [-0.25, -0.2) is 12.8 Å². The fourth-order valence-electron chi connectivity index (χ4n) is 3.16. The van der Waals surface area contributed by atoms with Crippen molar-refractivity contribution in [1.82, 2.24) is 4.31 Å². The van der Waals surface area contributed by atoms with E-state index in [0.29, 0.717) is 18.7 Å². The van der Waals surface area contributed by atoms with Crippen molar-refractivity contribution in [2.24, 2.45) is 5.92 Å². The van der Waals surface area contributed by atoms with Crippen molar-refractivity contribution >= 4 is 15.8 Å². The SMILES string of the molecule is CC(=O)c1ccc(S(=O)(=O)N2CCCC(COc3ccccc3F)C2)cc1. The highest BCUT2D eigenvalue weighted by atomic mass is 32.2. The second kappa shape index (κ2) is 8.19. The van der Waals surface area contributed by atoms with Crippen LogP contribution in [0.25, 0.3) is 0 Å². The van der Waals surface area contributed by atoms with Crippen LogP contribution in [0.4, 0.5) is 4.39 Å². The fraction of sp³-hybridized carbons (Fsp3) is 0.350.